The second kappa shape index (κ2) is 5.83. The molecule has 0 aliphatic rings. The first kappa shape index (κ1) is 14.0. The summed E-state index contributed by atoms with van der Waals surface area (Å²) < 4.78 is 7.09. The van der Waals surface area contributed by atoms with Crippen LogP contribution in [0.25, 0.3) is 10.2 Å². The number of rotatable bonds is 3. The van der Waals surface area contributed by atoms with Crippen LogP contribution in [0.15, 0.2) is 46.9 Å². The van der Waals surface area contributed by atoms with Crippen LogP contribution in [-0.4, -0.2) is 18.0 Å². The van der Waals surface area contributed by atoms with Crippen LogP contribution in [0, 0.1) is 0 Å². The van der Waals surface area contributed by atoms with Crippen molar-refractivity contribution in [1.29, 1.82) is 0 Å². The van der Waals surface area contributed by atoms with Crippen molar-refractivity contribution in [3.63, 3.8) is 0 Å². The minimum absolute atomic E-state index is 0.173. The average molecular weight is 363 g/mol. The molecule has 0 fully saturated rings. The maximum absolute atomic E-state index is 12.1. The Bertz CT molecular complexity index is 799. The molecule has 3 rings (SSSR count). The molecule has 1 N–H and O–H groups in total. The number of aromatic nitrogens is 1. The molecule has 4 nitrogen and oxygen atoms in total. The zero-order valence-corrected chi connectivity index (χ0v) is 13.5. The van der Waals surface area contributed by atoms with E-state index in [1.54, 1.807) is 19.2 Å². The van der Waals surface area contributed by atoms with Crippen molar-refractivity contribution >= 4 is 48.5 Å². The lowest BCUT2D eigenvalue weighted by Crippen LogP contribution is -2.11. The lowest BCUT2D eigenvalue weighted by atomic mass is 10.2. The van der Waals surface area contributed by atoms with Crippen LogP contribution < -0.4 is 10.1 Å². The Balaban J connectivity index is 1.84. The second-order valence-corrected chi connectivity index (χ2v) is 6.26. The number of hydrogen-bond donors (Lipinski definition) is 1. The summed E-state index contributed by atoms with van der Waals surface area (Å²) >= 11 is 4.77. The zero-order chi connectivity index (χ0) is 14.8. The number of benzene rings is 2. The summed E-state index contributed by atoms with van der Waals surface area (Å²) in [6.45, 7) is 0. The molecule has 0 unspecified atom stereocenters. The fraction of sp³-hybridized carbons (Fsp3) is 0.0667. The molecule has 1 amide bonds. The van der Waals surface area contributed by atoms with Gasteiger partial charge in [0, 0.05) is 10.0 Å². The molecule has 6 heteroatoms. The number of hydrogen-bond acceptors (Lipinski definition) is 4. The molecule has 3 aromatic rings. The van der Waals surface area contributed by atoms with Gasteiger partial charge in [0.2, 0.25) is 0 Å². The highest BCUT2D eigenvalue weighted by Crippen LogP contribution is 2.29. The summed E-state index contributed by atoms with van der Waals surface area (Å²) in [6.07, 6.45) is 0. The molecule has 0 radical (unpaired) electrons. The van der Waals surface area contributed by atoms with Crippen molar-refractivity contribution in [2.24, 2.45) is 0 Å². The van der Waals surface area contributed by atoms with Crippen LogP contribution in [0.4, 0.5) is 5.13 Å². The van der Waals surface area contributed by atoms with E-state index in [1.807, 2.05) is 30.3 Å². The Morgan fingerprint density at radius 2 is 2.00 bits per heavy atom. The Hall–Kier alpha value is -1.92. The number of halogens is 1. The SMILES string of the molecule is COc1ccc2nc(NC(=O)c3ccc(Br)cc3)sc2c1. The highest BCUT2D eigenvalue weighted by atomic mass is 79.9. The number of anilines is 1. The second-order valence-electron chi connectivity index (χ2n) is 4.31. The van der Waals surface area contributed by atoms with Gasteiger partial charge in [0.15, 0.2) is 5.13 Å². The summed E-state index contributed by atoms with van der Waals surface area (Å²) in [5.74, 6) is 0.602. The van der Waals surface area contributed by atoms with Crippen molar-refractivity contribution in [3.05, 3.63) is 52.5 Å². The molecule has 21 heavy (non-hydrogen) atoms. The number of carbonyl (C=O) groups excluding carboxylic acids is 1. The van der Waals surface area contributed by atoms with E-state index in [-0.39, 0.29) is 5.91 Å². The number of nitrogens with zero attached hydrogens (tertiary/aromatic N) is 1. The minimum atomic E-state index is -0.173. The average Bonchev–Trinajstić information content (AvgIpc) is 2.88. The summed E-state index contributed by atoms with van der Waals surface area (Å²) in [5.41, 5.74) is 1.43. The lowest BCUT2D eigenvalue weighted by Gasteiger charge is -2.01. The molecular weight excluding hydrogens is 352 g/mol. The third kappa shape index (κ3) is 3.06. The fourth-order valence-electron chi connectivity index (χ4n) is 1.86. The van der Waals surface area contributed by atoms with E-state index >= 15 is 0 Å². The molecule has 0 bridgehead atoms. The molecule has 0 saturated carbocycles. The van der Waals surface area contributed by atoms with Gasteiger partial charge in [-0.25, -0.2) is 4.98 Å². The van der Waals surface area contributed by atoms with Gasteiger partial charge in [0.1, 0.15) is 5.75 Å². The van der Waals surface area contributed by atoms with Crippen LogP contribution in [0.5, 0.6) is 5.75 Å². The standard InChI is InChI=1S/C15H11BrN2O2S/c1-20-11-6-7-12-13(8-11)21-15(17-12)18-14(19)9-2-4-10(16)5-3-9/h2-8H,1H3,(H,17,18,19). The van der Waals surface area contributed by atoms with E-state index in [4.69, 9.17) is 4.74 Å². The molecule has 2 aromatic carbocycles. The van der Waals surface area contributed by atoms with Gasteiger partial charge in [-0.05, 0) is 42.5 Å². The maximum atomic E-state index is 12.1. The highest BCUT2D eigenvalue weighted by Gasteiger charge is 2.10. The number of carbonyl (C=O) groups is 1. The van der Waals surface area contributed by atoms with Crippen molar-refractivity contribution < 1.29 is 9.53 Å². The van der Waals surface area contributed by atoms with Gasteiger partial charge in [-0.15, -0.1) is 0 Å². The van der Waals surface area contributed by atoms with Crippen LogP contribution in [-0.2, 0) is 0 Å². The molecule has 0 atom stereocenters. The van der Waals surface area contributed by atoms with Gasteiger partial charge in [0.05, 0.1) is 17.3 Å². The topological polar surface area (TPSA) is 51.2 Å². The van der Waals surface area contributed by atoms with E-state index in [9.17, 15) is 4.79 Å². The normalized spacial score (nSPS) is 10.6. The predicted octanol–water partition coefficient (Wildman–Crippen LogP) is 4.32. The summed E-state index contributed by atoms with van der Waals surface area (Å²) in [6, 6.07) is 12.8. The quantitative estimate of drug-likeness (QED) is 0.754. The molecule has 0 spiro atoms. The number of fused-ring (bicyclic) bond motifs is 1. The molecule has 0 aliphatic heterocycles. The summed E-state index contributed by atoms with van der Waals surface area (Å²) in [5, 5.41) is 3.39. The number of methoxy groups -OCH3 is 1. The van der Waals surface area contributed by atoms with Gasteiger partial charge in [-0.3, -0.25) is 10.1 Å². The van der Waals surface area contributed by atoms with Crippen molar-refractivity contribution in [2.45, 2.75) is 0 Å². The molecule has 1 aromatic heterocycles. The molecule has 0 aliphatic carbocycles. The monoisotopic (exact) mass is 362 g/mol. The summed E-state index contributed by atoms with van der Waals surface area (Å²) in [4.78, 5) is 16.5. The lowest BCUT2D eigenvalue weighted by molar-refractivity contribution is 0.102. The Morgan fingerprint density at radius 3 is 2.71 bits per heavy atom. The van der Waals surface area contributed by atoms with E-state index < -0.39 is 0 Å². The zero-order valence-electron chi connectivity index (χ0n) is 11.1. The van der Waals surface area contributed by atoms with Gasteiger partial charge >= 0.3 is 0 Å². The Morgan fingerprint density at radius 1 is 1.24 bits per heavy atom. The van der Waals surface area contributed by atoms with Crippen molar-refractivity contribution in [2.75, 3.05) is 12.4 Å². The minimum Gasteiger partial charge on any atom is -0.497 e. The van der Waals surface area contributed by atoms with Crippen molar-refractivity contribution in [3.8, 4) is 5.75 Å². The van der Waals surface area contributed by atoms with Crippen LogP contribution in [0.1, 0.15) is 10.4 Å². The molecular formula is C15H11BrN2O2S. The first-order valence-electron chi connectivity index (χ1n) is 6.17. The fourth-order valence-corrected chi connectivity index (χ4v) is 3.01. The predicted molar refractivity (Wildman–Crippen MR) is 88.3 cm³/mol. The third-order valence-electron chi connectivity index (χ3n) is 2.92. The number of nitrogens with one attached hydrogen (secondary N) is 1. The molecule has 1 heterocycles. The van der Waals surface area contributed by atoms with Crippen LogP contribution in [0.3, 0.4) is 0 Å². The largest absolute Gasteiger partial charge is 0.497 e. The number of ether oxygens (including phenoxy) is 1. The van der Waals surface area contributed by atoms with E-state index in [2.05, 4.69) is 26.2 Å². The number of amides is 1. The van der Waals surface area contributed by atoms with Gasteiger partial charge in [0.25, 0.3) is 5.91 Å². The van der Waals surface area contributed by atoms with E-state index in [0.29, 0.717) is 10.7 Å². The Labute approximate surface area is 133 Å². The van der Waals surface area contributed by atoms with E-state index in [1.165, 1.54) is 11.3 Å². The first-order valence-corrected chi connectivity index (χ1v) is 7.78. The highest BCUT2D eigenvalue weighted by molar-refractivity contribution is 9.10. The van der Waals surface area contributed by atoms with Gasteiger partial charge < -0.3 is 4.74 Å². The first-order chi connectivity index (χ1) is 10.2. The van der Waals surface area contributed by atoms with Crippen molar-refractivity contribution in [1.82, 2.24) is 4.98 Å². The Kier molecular flexibility index (Phi) is 3.90. The van der Waals surface area contributed by atoms with Crippen LogP contribution in [0.2, 0.25) is 0 Å². The van der Waals surface area contributed by atoms with E-state index in [0.717, 1.165) is 20.4 Å². The molecule has 0 saturated heterocycles. The van der Waals surface area contributed by atoms with Gasteiger partial charge in [-0.1, -0.05) is 27.3 Å². The smallest absolute Gasteiger partial charge is 0.257 e. The summed E-state index contributed by atoms with van der Waals surface area (Å²) in [7, 11) is 1.62. The maximum Gasteiger partial charge on any atom is 0.257 e. The van der Waals surface area contributed by atoms with Gasteiger partial charge in [-0.2, -0.15) is 0 Å². The van der Waals surface area contributed by atoms with Crippen LogP contribution >= 0.6 is 27.3 Å². The third-order valence-corrected chi connectivity index (χ3v) is 4.38. The number of thiazole rings is 1. The molecule has 106 valence electrons.